The van der Waals surface area contributed by atoms with Gasteiger partial charge in [-0.25, -0.2) is 4.39 Å². The lowest BCUT2D eigenvalue weighted by Crippen LogP contribution is -2.42. The predicted octanol–water partition coefficient (Wildman–Crippen LogP) is 2.05. The molecule has 3 N–H and O–H groups in total. The van der Waals surface area contributed by atoms with E-state index < -0.39 is 10.7 Å². The highest BCUT2D eigenvalue weighted by molar-refractivity contribution is 5.93. The Bertz CT molecular complexity index is 605. The number of rotatable bonds is 3. The molecule has 0 radical (unpaired) electrons. The van der Waals surface area contributed by atoms with Gasteiger partial charge in [0.25, 0.3) is 5.69 Å². The molecule has 2 aliphatic carbocycles. The third kappa shape index (κ3) is 2.37. The van der Waals surface area contributed by atoms with Gasteiger partial charge in [-0.2, -0.15) is 0 Å². The number of hydrogen-bond acceptors (Lipinski definition) is 4. The Morgan fingerprint density at radius 3 is 2.67 bits per heavy atom. The molecular formula is C14H16FN3O3. The van der Waals surface area contributed by atoms with Gasteiger partial charge in [0, 0.05) is 12.1 Å². The van der Waals surface area contributed by atoms with Crippen molar-refractivity contribution in [2.24, 2.45) is 23.5 Å². The van der Waals surface area contributed by atoms with Gasteiger partial charge in [-0.3, -0.25) is 14.9 Å². The fourth-order valence-corrected chi connectivity index (χ4v) is 3.66. The number of nitrogens with zero attached hydrogens (tertiary/aromatic N) is 1. The summed E-state index contributed by atoms with van der Waals surface area (Å²) in [5.41, 5.74) is 5.69. The molecule has 21 heavy (non-hydrogen) atoms. The minimum absolute atomic E-state index is 0.0411. The summed E-state index contributed by atoms with van der Waals surface area (Å²) < 4.78 is 13.8. The minimum Gasteiger partial charge on any atom is -0.327 e. The zero-order valence-electron chi connectivity index (χ0n) is 11.3. The number of benzene rings is 1. The van der Waals surface area contributed by atoms with E-state index >= 15 is 0 Å². The molecule has 0 saturated heterocycles. The fraction of sp³-hybridized carbons (Fsp3) is 0.500. The Kier molecular flexibility index (Phi) is 3.36. The number of halogens is 1. The van der Waals surface area contributed by atoms with E-state index in [1.807, 2.05) is 0 Å². The molecule has 2 fully saturated rings. The van der Waals surface area contributed by atoms with Crippen LogP contribution in [0.15, 0.2) is 18.2 Å². The van der Waals surface area contributed by atoms with Gasteiger partial charge in [-0.1, -0.05) is 0 Å². The van der Waals surface area contributed by atoms with E-state index in [1.165, 1.54) is 12.1 Å². The Hall–Kier alpha value is -2.02. The summed E-state index contributed by atoms with van der Waals surface area (Å²) in [6.45, 7) is 0. The molecule has 2 aliphatic rings. The summed E-state index contributed by atoms with van der Waals surface area (Å²) in [6, 6.07) is 3.00. The van der Waals surface area contributed by atoms with Crippen LogP contribution in [0, 0.1) is 33.7 Å². The van der Waals surface area contributed by atoms with E-state index in [9.17, 15) is 19.3 Å². The van der Waals surface area contributed by atoms with E-state index in [-0.39, 0.29) is 35.2 Å². The Morgan fingerprint density at radius 1 is 1.38 bits per heavy atom. The van der Waals surface area contributed by atoms with Gasteiger partial charge < -0.3 is 11.1 Å². The molecule has 1 amide bonds. The summed E-state index contributed by atoms with van der Waals surface area (Å²) in [5.74, 6) is -0.742. The number of amides is 1. The van der Waals surface area contributed by atoms with Crippen molar-refractivity contribution >= 4 is 17.3 Å². The molecule has 1 aromatic rings. The number of hydrogen-bond donors (Lipinski definition) is 2. The molecule has 4 atom stereocenters. The first-order chi connectivity index (χ1) is 9.97. The first-order valence-electron chi connectivity index (χ1n) is 6.97. The van der Waals surface area contributed by atoms with E-state index in [1.54, 1.807) is 0 Å². The van der Waals surface area contributed by atoms with Gasteiger partial charge in [-0.15, -0.1) is 0 Å². The maximum atomic E-state index is 13.8. The van der Waals surface area contributed by atoms with Crippen molar-refractivity contribution in [3.05, 3.63) is 34.1 Å². The van der Waals surface area contributed by atoms with Crippen molar-refractivity contribution in [1.29, 1.82) is 0 Å². The largest absolute Gasteiger partial charge is 0.327 e. The zero-order chi connectivity index (χ0) is 15.1. The van der Waals surface area contributed by atoms with Crippen LogP contribution in [0.25, 0.3) is 0 Å². The van der Waals surface area contributed by atoms with E-state index in [0.717, 1.165) is 25.3 Å². The Labute approximate surface area is 120 Å². The van der Waals surface area contributed by atoms with Crippen LogP contribution in [0.5, 0.6) is 0 Å². The Morgan fingerprint density at radius 2 is 2.10 bits per heavy atom. The van der Waals surface area contributed by atoms with Crippen LogP contribution in [0.4, 0.5) is 15.8 Å². The van der Waals surface area contributed by atoms with Gasteiger partial charge in [0.05, 0.1) is 22.6 Å². The molecule has 2 bridgehead atoms. The highest BCUT2D eigenvalue weighted by Crippen LogP contribution is 2.47. The smallest absolute Gasteiger partial charge is 0.272 e. The molecule has 112 valence electrons. The number of nitrogens with one attached hydrogen (secondary N) is 1. The van der Waals surface area contributed by atoms with Crippen LogP contribution < -0.4 is 11.1 Å². The monoisotopic (exact) mass is 293 g/mol. The van der Waals surface area contributed by atoms with Crippen LogP contribution in [0.1, 0.15) is 19.3 Å². The number of anilines is 1. The molecule has 2 saturated carbocycles. The van der Waals surface area contributed by atoms with Crippen LogP contribution in [0.2, 0.25) is 0 Å². The van der Waals surface area contributed by atoms with E-state index in [4.69, 9.17) is 5.73 Å². The van der Waals surface area contributed by atoms with Crippen molar-refractivity contribution in [2.75, 3.05) is 5.32 Å². The summed E-state index contributed by atoms with van der Waals surface area (Å²) >= 11 is 0. The number of nitrogens with two attached hydrogens (primary N) is 1. The molecule has 0 aliphatic heterocycles. The lowest BCUT2D eigenvalue weighted by molar-refractivity contribution is -0.385. The molecular weight excluding hydrogens is 277 g/mol. The van der Waals surface area contributed by atoms with Crippen LogP contribution in [-0.2, 0) is 4.79 Å². The van der Waals surface area contributed by atoms with Crippen LogP contribution in [0.3, 0.4) is 0 Å². The maximum absolute atomic E-state index is 13.8. The number of nitro groups is 1. The molecule has 0 spiro atoms. The third-order valence-electron chi connectivity index (χ3n) is 4.70. The van der Waals surface area contributed by atoms with Crippen molar-refractivity contribution in [3.63, 3.8) is 0 Å². The number of carbonyl (C=O) groups is 1. The van der Waals surface area contributed by atoms with Crippen LogP contribution >= 0.6 is 0 Å². The van der Waals surface area contributed by atoms with E-state index in [2.05, 4.69) is 5.32 Å². The maximum Gasteiger partial charge on any atom is 0.272 e. The second-order valence-corrected chi connectivity index (χ2v) is 5.85. The molecule has 4 unspecified atom stereocenters. The van der Waals surface area contributed by atoms with Gasteiger partial charge in [0.2, 0.25) is 5.91 Å². The van der Waals surface area contributed by atoms with Crippen molar-refractivity contribution in [3.8, 4) is 0 Å². The van der Waals surface area contributed by atoms with Crippen molar-refractivity contribution in [1.82, 2.24) is 0 Å². The van der Waals surface area contributed by atoms with Gasteiger partial charge >= 0.3 is 0 Å². The minimum atomic E-state index is -0.811. The van der Waals surface area contributed by atoms with Crippen LogP contribution in [-0.4, -0.2) is 16.9 Å². The number of fused-ring (bicyclic) bond motifs is 2. The summed E-state index contributed by atoms with van der Waals surface area (Å²) in [6.07, 6.45) is 3.00. The first kappa shape index (κ1) is 13.9. The van der Waals surface area contributed by atoms with Crippen molar-refractivity contribution < 1.29 is 14.1 Å². The fourth-order valence-electron chi connectivity index (χ4n) is 3.66. The molecule has 7 heteroatoms. The third-order valence-corrected chi connectivity index (χ3v) is 4.70. The average molecular weight is 293 g/mol. The second kappa shape index (κ2) is 5.07. The highest BCUT2D eigenvalue weighted by atomic mass is 19.1. The SMILES string of the molecule is NC1C2CCC(C2)C1C(=O)Nc1ccc([N+](=O)[O-])cc1F. The normalized spacial score (nSPS) is 30.4. The summed E-state index contributed by atoms with van der Waals surface area (Å²) in [7, 11) is 0. The molecule has 0 heterocycles. The van der Waals surface area contributed by atoms with Crippen molar-refractivity contribution in [2.45, 2.75) is 25.3 Å². The topological polar surface area (TPSA) is 98.3 Å². The average Bonchev–Trinajstić information content (AvgIpc) is 3.01. The van der Waals surface area contributed by atoms with E-state index in [0.29, 0.717) is 5.92 Å². The lowest BCUT2D eigenvalue weighted by atomic mass is 9.84. The number of non-ortho nitro benzene ring substituents is 1. The van der Waals surface area contributed by atoms with Gasteiger partial charge in [0.1, 0.15) is 0 Å². The molecule has 1 aromatic carbocycles. The highest BCUT2D eigenvalue weighted by Gasteiger charge is 2.49. The Balaban J connectivity index is 1.75. The molecule has 6 nitrogen and oxygen atoms in total. The number of nitro benzene ring substituents is 1. The van der Waals surface area contributed by atoms with Gasteiger partial charge in [0.15, 0.2) is 5.82 Å². The summed E-state index contributed by atoms with van der Waals surface area (Å²) in [4.78, 5) is 22.2. The quantitative estimate of drug-likeness (QED) is 0.658. The second-order valence-electron chi connectivity index (χ2n) is 5.85. The zero-order valence-corrected chi connectivity index (χ0v) is 11.3. The standard InChI is InChI=1S/C14H16FN3O3/c15-10-6-9(18(20)21)3-4-11(10)17-14(19)12-7-1-2-8(5-7)13(12)16/h3-4,6-8,12-13H,1-2,5,16H2,(H,17,19). The molecule has 3 rings (SSSR count). The first-order valence-corrected chi connectivity index (χ1v) is 6.97. The predicted molar refractivity (Wildman–Crippen MR) is 74.0 cm³/mol. The van der Waals surface area contributed by atoms with Gasteiger partial charge in [-0.05, 0) is 37.2 Å². The number of carbonyl (C=O) groups excluding carboxylic acids is 1. The summed E-state index contributed by atoms with van der Waals surface area (Å²) in [5, 5.41) is 13.1. The molecule has 0 aromatic heterocycles. The lowest BCUT2D eigenvalue weighted by Gasteiger charge is -2.27.